The van der Waals surface area contributed by atoms with Crippen LogP contribution in [0.15, 0.2) is 35.3 Å². The number of benzene rings is 1. The summed E-state index contributed by atoms with van der Waals surface area (Å²) >= 11 is 6.43. The monoisotopic (exact) mass is 418 g/mol. The van der Waals surface area contributed by atoms with E-state index in [9.17, 15) is 4.79 Å². The van der Waals surface area contributed by atoms with Crippen molar-refractivity contribution in [3.05, 3.63) is 100 Å². The van der Waals surface area contributed by atoms with Crippen LogP contribution in [0.25, 0.3) is 0 Å². The zero-order chi connectivity index (χ0) is 19.0. The molecule has 10 radical (unpaired) electrons. The van der Waals surface area contributed by atoms with Crippen molar-refractivity contribution in [2.24, 2.45) is 4.99 Å². The van der Waals surface area contributed by atoms with Gasteiger partial charge in [-0.15, -0.1) is 0 Å². The van der Waals surface area contributed by atoms with Crippen LogP contribution in [0.1, 0.15) is 5.56 Å². The van der Waals surface area contributed by atoms with Gasteiger partial charge in [0.25, 0.3) is 0 Å². The summed E-state index contributed by atoms with van der Waals surface area (Å²) in [6.07, 6.45) is 20.0. The molecule has 6 heteroatoms. The van der Waals surface area contributed by atoms with Crippen LogP contribution in [0.2, 0.25) is 0 Å². The summed E-state index contributed by atoms with van der Waals surface area (Å²) in [7, 11) is 4.64. The molecule has 130 valence electrons. The number of nitrogens with zero attached hydrogens (tertiary/aromatic N) is 2. The van der Waals surface area contributed by atoms with Gasteiger partial charge in [-0.2, -0.15) is 0 Å². The molecule has 3 aliphatic rings. The predicted molar refractivity (Wildman–Crippen MR) is 106 cm³/mol. The molecule has 4 rings (SSSR count). The normalized spacial score (nSPS) is 18.0. The second-order valence-corrected chi connectivity index (χ2v) is 5.35. The molecular formula is C20H19ClN2OSTi+2. The Balaban J connectivity index is 0.000000230. The molecule has 0 atom stereocenters. The molecule has 1 heterocycles. The van der Waals surface area contributed by atoms with Gasteiger partial charge in [-0.1, -0.05) is 30.3 Å². The molecule has 2 aliphatic carbocycles. The SMILES string of the molecule is O=C1CN=C([S-])N1Cc1ccccc1.[CH]1[CH][CH][CH][CH]1.[CH]1[CH][CH][CH][CH]1.[Cl][Ti+3]. The predicted octanol–water partition coefficient (Wildman–Crippen LogP) is 3.66. The Kier molecular flexibility index (Phi) is 14.2. The number of rotatable bonds is 2. The maximum absolute atomic E-state index is 11.3. The van der Waals surface area contributed by atoms with Gasteiger partial charge in [0, 0.05) is 0 Å². The van der Waals surface area contributed by atoms with E-state index < -0.39 is 0 Å². The molecule has 1 aliphatic heterocycles. The summed E-state index contributed by atoms with van der Waals surface area (Å²) in [6.45, 7) is 0.730. The van der Waals surface area contributed by atoms with E-state index in [4.69, 9.17) is 12.6 Å². The molecule has 2 saturated carbocycles. The second kappa shape index (κ2) is 15.6. The Bertz CT molecular complexity index is 495. The molecule has 1 aromatic carbocycles. The summed E-state index contributed by atoms with van der Waals surface area (Å²) in [4.78, 5) is 16.8. The Morgan fingerprint density at radius 1 is 0.885 bits per heavy atom. The van der Waals surface area contributed by atoms with Crippen LogP contribution in [-0.2, 0) is 43.3 Å². The van der Waals surface area contributed by atoms with E-state index in [1.807, 2.05) is 94.5 Å². The number of amidine groups is 1. The van der Waals surface area contributed by atoms with E-state index in [1.54, 1.807) is 0 Å². The third kappa shape index (κ3) is 10.1. The number of carbonyl (C=O) groups is 1. The fraction of sp³-hybridized carbons (Fsp3) is 0.100. The Morgan fingerprint density at radius 2 is 1.31 bits per heavy atom. The molecule has 1 amide bonds. The van der Waals surface area contributed by atoms with Crippen LogP contribution in [0, 0.1) is 64.2 Å². The van der Waals surface area contributed by atoms with Crippen molar-refractivity contribution < 1.29 is 24.2 Å². The molecule has 0 bridgehead atoms. The van der Waals surface area contributed by atoms with Crippen molar-refractivity contribution >= 4 is 33.0 Å². The fourth-order valence-corrected chi connectivity index (χ4v) is 2.21. The van der Waals surface area contributed by atoms with Crippen molar-refractivity contribution in [3.63, 3.8) is 0 Å². The van der Waals surface area contributed by atoms with Crippen molar-refractivity contribution in [2.45, 2.75) is 6.54 Å². The zero-order valence-corrected chi connectivity index (χ0v) is 17.3. The van der Waals surface area contributed by atoms with E-state index in [2.05, 4.69) is 14.3 Å². The molecule has 1 aromatic rings. The van der Waals surface area contributed by atoms with Crippen LogP contribution in [0.5, 0.6) is 0 Å². The number of amides is 1. The van der Waals surface area contributed by atoms with Gasteiger partial charge < -0.3 is 17.5 Å². The Labute approximate surface area is 179 Å². The third-order valence-electron chi connectivity index (χ3n) is 3.18. The molecule has 0 saturated heterocycles. The van der Waals surface area contributed by atoms with Gasteiger partial charge in [0.15, 0.2) is 0 Å². The fourth-order valence-electron chi connectivity index (χ4n) is 1.98. The van der Waals surface area contributed by atoms with E-state index in [-0.39, 0.29) is 12.5 Å². The first-order valence-corrected chi connectivity index (χ1v) is 10.4. The molecular weight excluding hydrogens is 400 g/mol. The standard InChI is InChI=1S/C10H10N2OS.2C5H5.ClH.Ti/c13-9-6-11-10(14)12(9)7-8-4-2-1-3-5-8;2*1-2-4-5-3-1;;/h1-5H,6-7H2,(H,11,14);2*1-5H;1H;/q;;;;+4/p-2. The average molecular weight is 419 g/mol. The van der Waals surface area contributed by atoms with Gasteiger partial charge in [-0.3, -0.25) is 9.79 Å². The van der Waals surface area contributed by atoms with Gasteiger partial charge in [0.05, 0.1) is 6.54 Å². The maximum atomic E-state index is 11.3. The average Bonchev–Trinajstić information content (AvgIpc) is 3.47. The minimum absolute atomic E-state index is 0.0150. The number of hydrogen-bond donors (Lipinski definition) is 0. The van der Waals surface area contributed by atoms with Crippen LogP contribution in [-0.4, -0.2) is 22.5 Å². The summed E-state index contributed by atoms with van der Waals surface area (Å²) in [5, 5.41) is 0.402. The number of carbonyl (C=O) groups excluding carboxylic acids is 1. The Morgan fingerprint density at radius 3 is 1.65 bits per heavy atom. The van der Waals surface area contributed by atoms with Crippen LogP contribution >= 0.6 is 9.30 Å². The quantitative estimate of drug-likeness (QED) is 0.542. The first kappa shape index (κ1) is 23.6. The van der Waals surface area contributed by atoms with Crippen molar-refractivity contribution in [1.82, 2.24) is 4.90 Å². The second-order valence-electron chi connectivity index (χ2n) is 4.99. The Hall–Kier alpha value is -0.416. The minimum atomic E-state index is -0.0150. The number of aliphatic imine (C=N–C) groups is 1. The molecule has 26 heavy (non-hydrogen) atoms. The van der Waals surface area contributed by atoms with Crippen LogP contribution < -0.4 is 0 Å². The molecule has 0 unspecified atom stereocenters. The van der Waals surface area contributed by atoms with Crippen molar-refractivity contribution in [2.75, 3.05) is 6.54 Å². The van der Waals surface area contributed by atoms with E-state index in [1.165, 1.54) is 24.3 Å². The third-order valence-corrected chi connectivity index (χ3v) is 3.53. The summed E-state index contributed by atoms with van der Waals surface area (Å²) in [6, 6.07) is 9.76. The molecule has 0 aromatic heterocycles. The van der Waals surface area contributed by atoms with Gasteiger partial charge in [0.1, 0.15) is 6.54 Å². The van der Waals surface area contributed by atoms with Crippen LogP contribution in [0.3, 0.4) is 0 Å². The summed E-state index contributed by atoms with van der Waals surface area (Å²) in [5.41, 5.74) is 1.07. The number of hydrogen-bond acceptors (Lipinski definition) is 3. The molecule has 0 spiro atoms. The van der Waals surface area contributed by atoms with Gasteiger partial charge in [-0.05, 0) is 74.9 Å². The van der Waals surface area contributed by atoms with Crippen LogP contribution in [0.4, 0.5) is 0 Å². The first-order chi connectivity index (χ1) is 12.8. The zero-order valence-electron chi connectivity index (χ0n) is 14.2. The van der Waals surface area contributed by atoms with E-state index in [0.29, 0.717) is 11.7 Å². The van der Waals surface area contributed by atoms with Crippen molar-refractivity contribution in [1.29, 1.82) is 0 Å². The van der Waals surface area contributed by atoms with E-state index in [0.717, 1.165) is 5.56 Å². The molecule has 2 fully saturated rings. The van der Waals surface area contributed by atoms with Gasteiger partial charge >= 0.3 is 28.7 Å². The molecule has 0 N–H and O–H groups in total. The topological polar surface area (TPSA) is 32.7 Å². The summed E-state index contributed by atoms with van der Waals surface area (Å²) < 4.78 is 0. The molecule has 3 nitrogen and oxygen atoms in total. The van der Waals surface area contributed by atoms with Crippen molar-refractivity contribution in [3.8, 4) is 0 Å². The summed E-state index contributed by atoms with van der Waals surface area (Å²) in [5.74, 6) is -0.0150. The number of halogens is 1. The van der Waals surface area contributed by atoms with Gasteiger partial charge in [0.2, 0.25) is 5.91 Å². The van der Waals surface area contributed by atoms with E-state index >= 15 is 0 Å². The first-order valence-electron chi connectivity index (χ1n) is 7.85. The van der Waals surface area contributed by atoms with Gasteiger partial charge in [-0.25, -0.2) is 0 Å².